The van der Waals surface area contributed by atoms with Gasteiger partial charge in [-0.2, -0.15) is 5.26 Å². The van der Waals surface area contributed by atoms with Crippen LogP contribution in [0.2, 0.25) is 0 Å². The molecular formula is C11H14N2. The van der Waals surface area contributed by atoms with E-state index in [0.717, 1.165) is 24.9 Å². The maximum Gasteiger partial charge on any atom is 0.0621 e. The molecule has 0 aliphatic rings. The zero-order chi connectivity index (χ0) is 9.52. The summed E-state index contributed by atoms with van der Waals surface area (Å²) in [5.41, 5.74) is 7.66. The molecular weight excluding hydrogens is 160 g/mol. The van der Waals surface area contributed by atoms with Crippen LogP contribution in [0.5, 0.6) is 0 Å². The fourth-order valence-electron chi connectivity index (χ4n) is 1.22. The second-order valence-electron chi connectivity index (χ2n) is 3.11. The van der Waals surface area contributed by atoms with Crippen LogP contribution in [0.25, 0.3) is 0 Å². The van der Waals surface area contributed by atoms with Crippen LogP contribution < -0.4 is 5.73 Å². The van der Waals surface area contributed by atoms with Crippen LogP contribution in [0.4, 0.5) is 5.69 Å². The van der Waals surface area contributed by atoms with Gasteiger partial charge in [0.25, 0.3) is 0 Å². The summed E-state index contributed by atoms with van der Waals surface area (Å²) >= 11 is 0. The smallest absolute Gasteiger partial charge is 0.0621 e. The van der Waals surface area contributed by atoms with Gasteiger partial charge in [0.05, 0.1) is 6.07 Å². The van der Waals surface area contributed by atoms with Crippen molar-refractivity contribution < 1.29 is 0 Å². The number of anilines is 1. The Bertz CT molecular complexity index is 282. The maximum absolute atomic E-state index is 8.33. The first kappa shape index (κ1) is 9.60. The number of nitrogens with two attached hydrogens (primary N) is 1. The summed E-state index contributed by atoms with van der Waals surface area (Å²) in [4.78, 5) is 0. The van der Waals surface area contributed by atoms with Crippen molar-refractivity contribution >= 4 is 5.69 Å². The minimum absolute atomic E-state index is 0.662. The van der Waals surface area contributed by atoms with Crippen LogP contribution >= 0.6 is 0 Å². The van der Waals surface area contributed by atoms with Crippen LogP contribution in [-0.4, -0.2) is 0 Å². The Hall–Kier alpha value is -1.49. The lowest BCUT2D eigenvalue weighted by atomic mass is 10.1. The Balaban J connectivity index is 2.30. The van der Waals surface area contributed by atoms with Crippen molar-refractivity contribution in [2.45, 2.75) is 25.7 Å². The van der Waals surface area contributed by atoms with E-state index in [-0.39, 0.29) is 0 Å². The quantitative estimate of drug-likeness (QED) is 0.563. The van der Waals surface area contributed by atoms with E-state index in [2.05, 4.69) is 6.07 Å². The first-order valence-electron chi connectivity index (χ1n) is 4.54. The van der Waals surface area contributed by atoms with E-state index in [1.54, 1.807) is 0 Å². The molecule has 0 amide bonds. The van der Waals surface area contributed by atoms with Gasteiger partial charge in [0.1, 0.15) is 0 Å². The molecule has 2 heteroatoms. The van der Waals surface area contributed by atoms with E-state index in [4.69, 9.17) is 11.0 Å². The number of nitrogen functional groups attached to an aromatic ring is 1. The Morgan fingerprint density at radius 2 is 1.85 bits per heavy atom. The molecule has 2 nitrogen and oxygen atoms in total. The number of hydrogen-bond donors (Lipinski definition) is 1. The van der Waals surface area contributed by atoms with Gasteiger partial charge in [0.2, 0.25) is 0 Å². The summed E-state index contributed by atoms with van der Waals surface area (Å²) in [6.07, 6.45) is 3.77. The number of nitriles is 1. The molecule has 0 heterocycles. The van der Waals surface area contributed by atoms with E-state index in [1.165, 1.54) is 5.56 Å². The third-order valence-corrected chi connectivity index (χ3v) is 1.98. The molecule has 0 saturated carbocycles. The van der Waals surface area contributed by atoms with E-state index < -0.39 is 0 Å². The van der Waals surface area contributed by atoms with Crippen LogP contribution in [0.1, 0.15) is 24.8 Å². The van der Waals surface area contributed by atoms with Gasteiger partial charge in [-0.05, 0) is 37.0 Å². The molecule has 0 unspecified atom stereocenters. The van der Waals surface area contributed by atoms with Crippen LogP contribution in [0.15, 0.2) is 24.3 Å². The summed E-state index contributed by atoms with van der Waals surface area (Å²) < 4.78 is 0. The highest BCUT2D eigenvalue weighted by Gasteiger charge is 1.92. The summed E-state index contributed by atoms with van der Waals surface area (Å²) in [6, 6.07) is 10.1. The molecule has 0 saturated heterocycles. The third-order valence-electron chi connectivity index (χ3n) is 1.98. The summed E-state index contributed by atoms with van der Waals surface area (Å²) in [7, 11) is 0. The van der Waals surface area contributed by atoms with Crippen molar-refractivity contribution in [1.82, 2.24) is 0 Å². The Morgan fingerprint density at radius 3 is 2.46 bits per heavy atom. The topological polar surface area (TPSA) is 49.8 Å². The molecule has 0 fully saturated rings. The molecule has 1 rings (SSSR count). The predicted octanol–water partition coefficient (Wildman–Crippen LogP) is 2.51. The fourth-order valence-corrected chi connectivity index (χ4v) is 1.22. The Kier molecular flexibility index (Phi) is 3.84. The van der Waals surface area contributed by atoms with Gasteiger partial charge in [-0.1, -0.05) is 12.1 Å². The zero-order valence-corrected chi connectivity index (χ0v) is 7.66. The average molecular weight is 174 g/mol. The number of hydrogen-bond acceptors (Lipinski definition) is 2. The van der Waals surface area contributed by atoms with Gasteiger partial charge in [-0.25, -0.2) is 0 Å². The lowest BCUT2D eigenvalue weighted by molar-refractivity contribution is 0.753. The number of rotatable bonds is 4. The molecule has 13 heavy (non-hydrogen) atoms. The number of unbranched alkanes of at least 4 members (excludes halogenated alkanes) is 2. The highest BCUT2D eigenvalue weighted by molar-refractivity contribution is 5.39. The van der Waals surface area contributed by atoms with Crippen molar-refractivity contribution in [3.63, 3.8) is 0 Å². The van der Waals surface area contributed by atoms with Gasteiger partial charge < -0.3 is 5.73 Å². The van der Waals surface area contributed by atoms with Crippen molar-refractivity contribution in [3.8, 4) is 6.07 Å². The minimum Gasteiger partial charge on any atom is -0.399 e. The molecule has 2 N–H and O–H groups in total. The highest BCUT2D eigenvalue weighted by Crippen LogP contribution is 2.09. The van der Waals surface area contributed by atoms with Crippen molar-refractivity contribution in [3.05, 3.63) is 29.8 Å². The normalized spacial score (nSPS) is 9.46. The molecule has 0 atom stereocenters. The van der Waals surface area contributed by atoms with Gasteiger partial charge in [-0.15, -0.1) is 0 Å². The average Bonchev–Trinajstić information content (AvgIpc) is 2.15. The molecule has 68 valence electrons. The number of nitrogens with zero attached hydrogens (tertiary/aromatic N) is 1. The molecule has 0 radical (unpaired) electrons. The van der Waals surface area contributed by atoms with Crippen molar-refractivity contribution in [1.29, 1.82) is 5.26 Å². The highest BCUT2D eigenvalue weighted by atomic mass is 14.5. The summed E-state index contributed by atoms with van der Waals surface area (Å²) in [6.45, 7) is 0. The Morgan fingerprint density at radius 1 is 1.15 bits per heavy atom. The zero-order valence-electron chi connectivity index (χ0n) is 7.66. The van der Waals surface area contributed by atoms with Gasteiger partial charge >= 0.3 is 0 Å². The monoisotopic (exact) mass is 174 g/mol. The number of aryl methyl sites for hydroxylation is 1. The standard InChI is InChI=1S/C11H14N2/c12-9-3-1-2-4-10-5-7-11(13)8-6-10/h5-8H,1-4,13H2. The molecule has 0 aliphatic carbocycles. The fraction of sp³-hybridized carbons (Fsp3) is 0.364. The second-order valence-corrected chi connectivity index (χ2v) is 3.11. The number of benzene rings is 1. The van der Waals surface area contributed by atoms with E-state index >= 15 is 0 Å². The summed E-state index contributed by atoms with van der Waals surface area (Å²) in [5.74, 6) is 0. The molecule has 0 aliphatic heterocycles. The molecule has 1 aromatic rings. The van der Waals surface area contributed by atoms with E-state index in [1.807, 2.05) is 24.3 Å². The summed E-state index contributed by atoms with van der Waals surface area (Å²) in [5, 5.41) is 8.33. The molecule has 0 aromatic heterocycles. The lowest BCUT2D eigenvalue weighted by Crippen LogP contribution is -1.87. The SMILES string of the molecule is N#CCCCCc1ccc(N)cc1. The van der Waals surface area contributed by atoms with Gasteiger partial charge in [0, 0.05) is 12.1 Å². The predicted molar refractivity (Wildman–Crippen MR) is 54.0 cm³/mol. The largest absolute Gasteiger partial charge is 0.399 e. The van der Waals surface area contributed by atoms with Crippen molar-refractivity contribution in [2.75, 3.05) is 5.73 Å². The van der Waals surface area contributed by atoms with E-state index in [9.17, 15) is 0 Å². The third kappa shape index (κ3) is 3.62. The molecule has 1 aromatic carbocycles. The second kappa shape index (κ2) is 5.21. The molecule has 0 bridgehead atoms. The maximum atomic E-state index is 8.33. The van der Waals surface area contributed by atoms with Gasteiger partial charge in [0.15, 0.2) is 0 Å². The molecule has 0 spiro atoms. The van der Waals surface area contributed by atoms with Gasteiger partial charge in [-0.3, -0.25) is 0 Å². The minimum atomic E-state index is 0.662. The van der Waals surface area contributed by atoms with Crippen LogP contribution in [0, 0.1) is 11.3 Å². The Labute approximate surface area is 79.0 Å². The van der Waals surface area contributed by atoms with Crippen molar-refractivity contribution in [2.24, 2.45) is 0 Å². The van der Waals surface area contributed by atoms with Crippen LogP contribution in [-0.2, 0) is 6.42 Å². The van der Waals surface area contributed by atoms with Crippen LogP contribution in [0.3, 0.4) is 0 Å². The lowest BCUT2D eigenvalue weighted by Gasteiger charge is -1.99. The first-order valence-corrected chi connectivity index (χ1v) is 4.54. The first-order chi connectivity index (χ1) is 6.33. The van der Waals surface area contributed by atoms with E-state index in [0.29, 0.717) is 6.42 Å².